The van der Waals surface area contributed by atoms with Gasteiger partial charge in [-0.2, -0.15) is 0 Å². The number of rotatable bonds is 2. The summed E-state index contributed by atoms with van der Waals surface area (Å²) in [6.45, 7) is 0.327. The highest BCUT2D eigenvalue weighted by molar-refractivity contribution is 9.10. The lowest BCUT2D eigenvalue weighted by Gasteiger charge is -2.06. The number of hydrogen-bond donors (Lipinski definition) is 2. The van der Waals surface area contributed by atoms with Crippen molar-refractivity contribution in [3.8, 4) is 5.75 Å². The van der Waals surface area contributed by atoms with Crippen LogP contribution in [0.3, 0.4) is 0 Å². The number of halogens is 1. The summed E-state index contributed by atoms with van der Waals surface area (Å²) >= 11 is 3.45. The molecule has 1 aromatic heterocycles. The van der Waals surface area contributed by atoms with Crippen LogP contribution in [0.15, 0.2) is 51.7 Å². The summed E-state index contributed by atoms with van der Waals surface area (Å²) < 4.78 is 2.45. The van der Waals surface area contributed by atoms with Gasteiger partial charge in [-0.25, -0.2) is 4.79 Å². The number of fused-ring (bicyclic) bond motifs is 1. The average Bonchev–Trinajstić information content (AvgIpc) is 2.70. The SMILES string of the molecule is O=c1[nH]c2cccc(Br)c2n1Cc1ccccc1O. The van der Waals surface area contributed by atoms with Crippen LogP contribution >= 0.6 is 15.9 Å². The Morgan fingerprint density at radius 2 is 1.95 bits per heavy atom. The van der Waals surface area contributed by atoms with E-state index in [9.17, 15) is 9.90 Å². The Labute approximate surface area is 117 Å². The molecule has 0 aliphatic heterocycles. The zero-order valence-corrected chi connectivity index (χ0v) is 11.5. The van der Waals surface area contributed by atoms with E-state index in [4.69, 9.17) is 0 Å². The quantitative estimate of drug-likeness (QED) is 0.763. The molecule has 1 heterocycles. The first-order valence-electron chi connectivity index (χ1n) is 5.81. The highest BCUT2D eigenvalue weighted by atomic mass is 79.9. The first kappa shape index (κ1) is 12.0. The molecule has 0 radical (unpaired) electrons. The van der Waals surface area contributed by atoms with Crippen LogP contribution in [-0.2, 0) is 6.54 Å². The molecular formula is C14H11BrN2O2. The van der Waals surface area contributed by atoms with Crippen molar-refractivity contribution in [1.29, 1.82) is 0 Å². The predicted octanol–water partition coefficient (Wildman–Crippen LogP) is 2.85. The highest BCUT2D eigenvalue weighted by Crippen LogP contribution is 2.23. The number of nitrogens with one attached hydrogen (secondary N) is 1. The van der Waals surface area contributed by atoms with Crippen molar-refractivity contribution in [2.45, 2.75) is 6.54 Å². The van der Waals surface area contributed by atoms with Gasteiger partial charge in [-0.3, -0.25) is 4.57 Å². The summed E-state index contributed by atoms with van der Waals surface area (Å²) in [4.78, 5) is 14.8. The Kier molecular flexibility index (Phi) is 2.91. The molecule has 3 aromatic rings. The van der Waals surface area contributed by atoms with Crippen molar-refractivity contribution in [3.05, 3.63) is 63.0 Å². The number of phenolic OH excluding ortho intramolecular Hbond substituents is 1. The van der Waals surface area contributed by atoms with E-state index in [0.717, 1.165) is 15.5 Å². The molecule has 0 spiro atoms. The lowest BCUT2D eigenvalue weighted by Crippen LogP contribution is -2.17. The maximum Gasteiger partial charge on any atom is 0.326 e. The van der Waals surface area contributed by atoms with Gasteiger partial charge in [0.25, 0.3) is 0 Å². The second-order valence-electron chi connectivity index (χ2n) is 4.28. The first-order chi connectivity index (χ1) is 9.16. The molecule has 0 saturated heterocycles. The highest BCUT2D eigenvalue weighted by Gasteiger charge is 2.11. The minimum atomic E-state index is -0.190. The van der Waals surface area contributed by atoms with E-state index in [1.54, 1.807) is 22.8 Å². The van der Waals surface area contributed by atoms with Gasteiger partial charge < -0.3 is 10.1 Å². The van der Waals surface area contributed by atoms with Gasteiger partial charge in [0.2, 0.25) is 0 Å². The monoisotopic (exact) mass is 318 g/mol. The van der Waals surface area contributed by atoms with Crippen LogP contribution in [0, 0.1) is 0 Å². The van der Waals surface area contributed by atoms with Gasteiger partial charge in [-0.1, -0.05) is 24.3 Å². The molecule has 0 aliphatic carbocycles. The number of H-pyrrole nitrogens is 1. The van der Waals surface area contributed by atoms with Crippen molar-refractivity contribution in [1.82, 2.24) is 9.55 Å². The molecule has 0 fully saturated rings. The van der Waals surface area contributed by atoms with Crippen molar-refractivity contribution in [2.75, 3.05) is 0 Å². The van der Waals surface area contributed by atoms with Gasteiger partial charge in [-0.05, 0) is 34.1 Å². The summed E-state index contributed by atoms with van der Waals surface area (Å²) in [7, 11) is 0. The number of hydrogen-bond acceptors (Lipinski definition) is 2. The molecule has 0 bridgehead atoms. The van der Waals surface area contributed by atoms with Gasteiger partial charge in [0.1, 0.15) is 5.75 Å². The van der Waals surface area contributed by atoms with Gasteiger partial charge in [0, 0.05) is 10.0 Å². The Morgan fingerprint density at radius 3 is 2.74 bits per heavy atom. The van der Waals surface area contributed by atoms with Gasteiger partial charge >= 0.3 is 5.69 Å². The minimum Gasteiger partial charge on any atom is -0.508 e. The Bertz CT molecular complexity index is 805. The number of aromatic nitrogens is 2. The normalized spacial score (nSPS) is 11.0. The first-order valence-corrected chi connectivity index (χ1v) is 6.60. The van der Waals surface area contributed by atoms with Crippen LogP contribution in [0.4, 0.5) is 0 Å². The molecule has 2 N–H and O–H groups in total. The van der Waals surface area contributed by atoms with Crippen LogP contribution < -0.4 is 5.69 Å². The van der Waals surface area contributed by atoms with Crippen LogP contribution in [0.25, 0.3) is 11.0 Å². The topological polar surface area (TPSA) is 58.0 Å². The Balaban J connectivity index is 2.19. The summed E-state index contributed by atoms with van der Waals surface area (Å²) in [5.41, 5.74) is 2.09. The molecule has 0 atom stereocenters. The second kappa shape index (κ2) is 4.59. The van der Waals surface area contributed by atoms with E-state index in [1.807, 2.05) is 24.3 Å². The third-order valence-electron chi connectivity index (χ3n) is 3.06. The van der Waals surface area contributed by atoms with Crippen LogP contribution in [-0.4, -0.2) is 14.7 Å². The van der Waals surface area contributed by atoms with Crippen LogP contribution in [0.2, 0.25) is 0 Å². The second-order valence-corrected chi connectivity index (χ2v) is 5.14. The number of para-hydroxylation sites is 2. The number of aromatic amines is 1. The van der Waals surface area contributed by atoms with E-state index in [0.29, 0.717) is 12.1 Å². The largest absolute Gasteiger partial charge is 0.508 e. The smallest absolute Gasteiger partial charge is 0.326 e. The molecule has 2 aromatic carbocycles. The average molecular weight is 319 g/mol. The summed E-state index contributed by atoms with van der Waals surface area (Å²) in [6, 6.07) is 12.6. The van der Waals surface area contributed by atoms with Gasteiger partial charge in [0.05, 0.1) is 17.6 Å². The van der Waals surface area contributed by atoms with Crippen molar-refractivity contribution >= 4 is 27.0 Å². The van der Waals surface area contributed by atoms with Crippen molar-refractivity contribution in [3.63, 3.8) is 0 Å². The molecule has 0 aliphatic rings. The summed E-state index contributed by atoms with van der Waals surface area (Å²) in [6.07, 6.45) is 0. The number of nitrogens with zero attached hydrogens (tertiary/aromatic N) is 1. The number of phenols is 1. The van der Waals surface area contributed by atoms with Crippen molar-refractivity contribution < 1.29 is 5.11 Å². The minimum absolute atomic E-state index is 0.190. The van der Waals surface area contributed by atoms with Crippen molar-refractivity contribution in [2.24, 2.45) is 0 Å². The zero-order chi connectivity index (χ0) is 13.4. The van der Waals surface area contributed by atoms with E-state index in [1.165, 1.54) is 0 Å². The van der Waals surface area contributed by atoms with E-state index in [2.05, 4.69) is 20.9 Å². The third-order valence-corrected chi connectivity index (χ3v) is 3.70. The molecule has 0 saturated carbocycles. The molecule has 5 heteroatoms. The maximum atomic E-state index is 12.0. The molecule has 4 nitrogen and oxygen atoms in total. The fraction of sp³-hybridized carbons (Fsp3) is 0.0714. The fourth-order valence-corrected chi connectivity index (χ4v) is 2.72. The lowest BCUT2D eigenvalue weighted by molar-refractivity contribution is 0.466. The molecule has 0 unspecified atom stereocenters. The van der Waals surface area contributed by atoms with Crippen LogP contribution in [0.1, 0.15) is 5.56 Å². The Hall–Kier alpha value is -2.01. The molecular weight excluding hydrogens is 308 g/mol. The fourth-order valence-electron chi connectivity index (χ4n) is 2.14. The summed E-state index contributed by atoms with van der Waals surface area (Å²) in [5, 5.41) is 9.80. The van der Waals surface area contributed by atoms with E-state index in [-0.39, 0.29) is 11.4 Å². The summed E-state index contributed by atoms with van der Waals surface area (Å²) in [5.74, 6) is 0.191. The number of imidazole rings is 1. The standard InChI is InChI=1S/C14H11BrN2O2/c15-10-5-3-6-11-13(10)17(14(19)16-11)8-9-4-1-2-7-12(9)18/h1-7,18H,8H2,(H,16,19). The zero-order valence-electron chi connectivity index (χ0n) is 9.93. The van der Waals surface area contributed by atoms with E-state index >= 15 is 0 Å². The predicted molar refractivity (Wildman–Crippen MR) is 77.5 cm³/mol. The molecule has 19 heavy (non-hydrogen) atoms. The number of aromatic hydroxyl groups is 1. The molecule has 96 valence electrons. The maximum absolute atomic E-state index is 12.0. The molecule has 3 rings (SSSR count). The van der Waals surface area contributed by atoms with Gasteiger partial charge in [-0.15, -0.1) is 0 Å². The lowest BCUT2D eigenvalue weighted by atomic mass is 10.2. The number of benzene rings is 2. The molecule has 0 amide bonds. The van der Waals surface area contributed by atoms with Gasteiger partial charge in [0.15, 0.2) is 0 Å². The van der Waals surface area contributed by atoms with Crippen LogP contribution in [0.5, 0.6) is 5.75 Å². The Morgan fingerprint density at radius 1 is 1.16 bits per heavy atom. The third kappa shape index (κ3) is 2.06. The van der Waals surface area contributed by atoms with E-state index < -0.39 is 0 Å².